The smallest absolute Gasteiger partial charge is 0.269 e. The molecule has 0 bridgehead atoms. The van der Waals surface area contributed by atoms with Crippen molar-refractivity contribution in [1.82, 2.24) is 0 Å². The van der Waals surface area contributed by atoms with Crippen LogP contribution < -0.4 is 0 Å². The van der Waals surface area contributed by atoms with E-state index in [1.165, 1.54) is 0 Å². The van der Waals surface area contributed by atoms with E-state index in [0.717, 1.165) is 10.0 Å². The highest BCUT2D eigenvalue weighted by Gasteiger charge is 2.24. The van der Waals surface area contributed by atoms with Gasteiger partial charge < -0.3 is 0 Å². The maximum atomic E-state index is 12.7. The van der Waals surface area contributed by atoms with E-state index in [1.54, 1.807) is 26.0 Å². The molecule has 1 atom stereocenters. The van der Waals surface area contributed by atoms with Crippen molar-refractivity contribution in [2.24, 2.45) is 0 Å². The van der Waals surface area contributed by atoms with Crippen LogP contribution in [-0.4, -0.2) is 24.2 Å². The van der Waals surface area contributed by atoms with Gasteiger partial charge in [0.15, 0.2) is 12.0 Å². The fourth-order valence-corrected chi connectivity index (χ4v) is 2.19. The molecule has 20 heavy (non-hydrogen) atoms. The van der Waals surface area contributed by atoms with Gasteiger partial charge in [-0.1, -0.05) is 15.9 Å². The molecule has 0 saturated heterocycles. The Morgan fingerprint density at radius 1 is 1.15 bits per heavy atom. The van der Waals surface area contributed by atoms with E-state index >= 15 is 0 Å². The molecule has 110 valence electrons. The zero-order chi connectivity index (χ0) is 15.4. The van der Waals surface area contributed by atoms with E-state index in [4.69, 9.17) is 0 Å². The molecule has 1 unspecified atom stereocenters. The molecule has 0 fully saturated rings. The first-order valence-corrected chi connectivity index (χ1v) is 6.75. The van der Waals surface area contributed by atoms with Gasteiger partial charge in [0.25, 0.3) is 6.43 Å². The molecule has 0 aromatic heterocycles. The Labute approximate surface area is 123 Å². The van der Waals surface area contributed by atoms with Crippen LogP contribution in [0.5, 0.6) is 0 Å². The highest BCUT2D eigenvalue weighted by Crippen LogP contribution is 2.22. The number of hydrogen-bond acceptors (Lipinski definition) is 2. The predicted octanol–water partition coefficient (Wildman–Crippen LogP) is 4.20. The third-order valence-electron chi connectivity index (χ3n) is 2.86. The van der Waals surface area contributed by atoms with Crippen LogP contribution in [0.1, 0.15) is 34.3 Å². The molecule has 0 N–H and O–H groups in total. The van der Waals surface area contributed by atoms with Gasteiger partial charge in [0.2, 0.25) is 0 Å². The monoisotopic (exact) mass is 350 g/mol. The van der Waals surface area contributed by atoms with E-state index in [1.807, 2.05) is 0 Å². The number of halogens is 4. The van der Waals surface area contributed by atoms with Gasteiger partial charge in [0.05, 0.1) is 6.42 Å². The van der Waals surface area contributed by atoms with Crippen molar-refractivity contribution in [3.05, 3.63) is 33.3 Å². The molecule has 1 rings (SSSR count). The summed E-state index contributed by atoms with van der Waals surface area (Å²) in [5.41, 5.74) is 1.85. The zero-order valence-corrected chi connectivity index (χ0v) is 12.6. The van der Waals surface area contributed by atoms with Crippen molar-refractivity contribution in [3.63, 3.8) is 0 Å². The lowest BCUT2D eigenvalue weighted by atomic mass is 9.98. The summed E-state index contributed by atoms with van der Waals surface area (Å²) >= 11 is 3.32. The molecular formula is C14H14BrF3O2. The molecule has 0 amide bonds. The normalized spacial score (nSPS) is 12.6. The minimum absolute atomic E-state index is 0.353. The summed E-state index contributed by atoms with van der Waals surface area (Å²) in [6.07, 6.45) is -7.21. The summed E-state index contributed by atoms with van der Waals surface area (Å²) in [6.45, 7) is 3.50. The minimum atomic E-state index is -3.20. The molecule has 1 aromatic rings. The van der Waals surface area contributed by atoms with Gasteiger partial charge in [-0.25, -0.2) is 13.2 Å². The molecule has 0 radical (unpaired) electrons. The SMILES string of the molecule is Cc1cc(C(=O)CC(=O)CC(F)C(F)F)c(C)cc1Br. The Morgan fingerprint density at radius 2 is 1.75 bits per heavy atom. The minimum Gasteiger partial charge on any atom is -0.299 e. The molecule has 6 heteroatoms. The van der Waals surface area contributed by atoms with Crippen molar-refractivity contribution in [3.8, 4) is 0 Å². The van der Waals surface area contributed by atoms with Crippen LogP contribution in [-0.2, 0) is 4.79 Å². The van der Waals surface area contributed by atoms with Gasteiger partial charge >= 0.3 is 0 Å². The molecule has 0 aliphatic carbocycles. The summed E-state index contributed by atoms with van der Waals surface area (Å²) < 4.78 is 37.6. The van der Waals surface area contributed by atoms with Crippen molar-refractivity contribution < 1.29 is 22.8 Å². The Balaban J connectivity index is 2.77. The van der Waals surface area contributed by atoms with Crippen LogP contribution >= 0.6 is 15.9 Å². The third-order valence-corrected chi connectivity index (χ3v) is 3.71. The Morgan fingerprint density at radius 3 is 2.30 bits per heavy atom. The second kappa shape index (κ2) is 7.02. The van der Waals surface area contributed by atoms with Crippen LogP contribution in [0.4, 0.5) is 13.2 Å². The van der Waals surface area contributed by atoms with Crippen molar-refractivity contribution in [2.75, 3.05) is 0 Å². The molecule has 0 spiro atoms. The van der Waals surface area contributed by atoms with E-state index in [2.05, 4.69) is 15.9 Å². The highest BCUT2D eigenvalue weighted by atomic mass is 79.9. The quantitative estimate of drug-likeness (QED) is 0.569. The number of aryl methyl sites for hydroxylation is 2. The number of benzene rings is 1. The number of alkyl halides is 3. The fourth-order valence-electron chi connectivity index (χ4n) is 1.73. The Hall–Kier alpha value is -1.17. The highest BCUT2D eigenvalue weighted by molar-refractivity contribution is 9.10. The first-order chi connectivity index (χ1) is 9.22. The molecular weight excluding hydrogens is 337 g/mol. The summed E-state index contributed by atoms with van der Waals surface area (Å²) in [5.74, 6) is -1.30. The third kappa shape index (κ3) is 4.44. The molecule has 2 nitrogen and oxygen atoms in total. The van der Waals surface area contributed by atoms with Gasteiger partial charge in [-0.2, -0.15) is 0 Å². The Bertz CT molecular complexity index is 529. The topological polar surface area (TPSA) is 34.1 Å². The average Bonchev–Trinajstić information content (AvgIpc) is 2.33. The van der Waals surface area contributed by atoms with E-state index in [0.29, 0.717) is 11.1 Å². The van der Waals surface area contributed by atoms with E-state index < -0.39 is 37.0 Å². The van der Waals surface area contributed by atoms with E-state index in [9.17, 15) is 22.8 Å². The molecule has 0 heterocycles. The van der Waals surface area contributed by atoms with Gasteiger partial charge in [0, 0.05) is 16.5 Å². The lowest BCUT2D eigenvalue weighted by molar-refractivity contribution is -0.120. The first-order valence-electron chi connectivity index (χ1n) is 5.96. The number of rotatable bonds is 6. The number of Topliss-reactive ketones (excluding diaryl/α,β-unsaturated/α-hetero) is 2. The van der Waals surface area contributed by atoms with Gasteiger partial charge in [0.1, 0.15) is 5.78 Å². The second-order valence-electron chi connectivity index (χ2n) is 4.61. The van der Waals surface area contributed by atoms with Crippen LogP contribution in [0.3, 0.4) is 0 Å². The molecule has 0 saturated carbocycles. The van der Waals surface area contributed by atoms with Crippen LogP contribution in [0.15, 0.2) is 16.6 Å². The lowest BCUT2D eigenvalue weighted by Gasteiger charge is -2.09. The van der Waals surface area contributed by atoms with Crippen LogP contribution in [0, 0.1) is 13.8 Å². The first kappa shape index (κ1) is 16.9. The van der Waals surface area contributed by atoms with Gasteiger partial charge in [-0.15, -0.1) is 0 Å². The van der Waals surface area contributed by atoms with Crippen molar-refractivity contribution in [1.29, 1.82) is 0 Å². The Kier molecular flexibility index (Phi) is 5.92. The largest absolute Gasteiger partial charge is 0.299 e. The van der Waals surface area contributed by atoms with Gasteiger partial charge in [-0.3, -0.25) is 9.59 Å². The molecule has 1 aromatic carbocycles. The lowest BCUT2D eigenvalue weighted by Crippen LogP contribution is -2.19. The number of carbonyl (C=O) groups excluding carboxylic acids is 2. The summed E-state index contributed by atoms with van der Waals surface area (Å²) in [5, 5.41) is 0. The zero-order valence-electron chi connectivity index (χ0n) is 11.1. The summed E-state index contributed by atoms with van der Waals surface area (Å²) in [6, 6.07) is 3.36. The average molecular weight is 351 g/mol. The van der Waals surface area contributed by atoms with Crippen molar-refractivity contribution >= 4 is 27.5 Å². The maximum absolute atomic E-state index is 12.7. The summed E-state index contributed by atoms with van der Waals surface area (Å²) in [4.78, 5) is 23.3. The van der Waals surface area contributed by atoms with Crippen LogP contribution in [0.2, 0.25) is 0 Å². The number of carbonyl (C=O) groups is 2. The number of hydrogen-bond donors (Lipinski definition) is 0. The van der Waals surface area contributed by atoms with Crippen molar-refractivity contribution in [2.45, 2.75) is 39.3 Å². The number of ketones is 2. The fraction of sp³-hybridized carbons (Fsp3) is 0.429. The second-order valence-corrected chi connectivity index (χ2v) is 5.46. The molecule has 0 aliphatic rings. The van der Waals surface area contributed by atoms with E-state index in [-0.39, 0.29) is 0 Å². The predicted molar refractivity (Wildman–Crippen MR) is 73.1 cm³/mol. The molecule has 0 aliphatic heterocycles. The van der Waals surface area contributed by atoms with Gasteiger partial charge in [-0.05, 0) is 37.1 Å². The maximum Gasteiger partial charge on any atom is 0.269 e. The van der Waals surface area contributed by atoms with Crippen LogP contribution in [0.25, 0.3) is 0 Å². The summed E-state index contributed by atoms with van der Waals surface area (Å²) in [7, 11) is 0. The standard InChI is InChI=1S/C14H14BrF3O2/c1-7-4-11(15)8(2)3-10(7)13(20)6-9(19)5-12(16)14(17)18/h3-4,12,14H,5-6H2,1-2H3.